The molecule has 0 aliphatic rings. The molecular weight excluding hydrogens is 380 g/mol. The van der Waals surface area contributed by atoms with Crippen molar-refractivity contribution < 1.29 is 19.7 Å². The van der Waals surface area contributed by atoms with Crippen molar-refractivity contribution >= 4 is 0 Å². The summed E-state index contributed by atoms with van der Waals surface area (Å²) in [6, 6.07) is 16.0. The van der Waals surface area contributed by atoms with Gasteiger partial charge in [0.25, 0.3) is 0 Å². The number of hydrogen-bond acceptors (Lipinski definition) is 6. The van der Waals surface area contributed by atoms with Crippen LogP contribution in [0.2, 0.25) is 0 Å². The van der Waals surface area contributed by atoms with Crippen molar-refractivity contribution in [2.24, 2.45) is 0 Å². The van der Waals surface area contributed by atoms with E-state index >= 15 is 0 Å². The lowest BCUT2D eigenvalue weighted by Crippen LogP contribution is -2.35. The number of para-hydroxylation sites is 2. The van der Waals surface area contributed by atoms with Crippen LogP contribution in [-0.2, 0) is 0 Å². The molecule has 166 valence electrons. The fourth-order valence-corrected chi connectivity index (χ4v) is 2.86. The Morgan fingerprint density at radius 2 is 1.03 bits per heavy atom. The Bertz CT molecular complexity index is 688. The first-order chi connectivity index (χ1) is 14.4. The molecule has 4 N–H and O–H groups in total. The van der Waals surface area contributed by atoms with Gasteiger partial charge in [-0.1, -0.05) is 64.1 Å². The number of benzene rings is 2. The molecule has 0 fully saturated rings. The molecule has 30 heavy (non-hydrogen) atoms. The van der Waals surface area contributed by atoms with Crippen LogP contribution in [0.25, 0.3) is 11.1 Å². The fourth-order valence-electron chi connectivity index (χ4n) is 2.86. The predicted molar refractivity (Wildman–Crippen MR) is 121 cm³/mol. The van der Waals surface area contributed by atoms with Crippen molar-refractivity contribution in [3.8, 4) is 22.6 Å². The Morgan fingerprint density at radius 3 is 1.40 bits per heavy atom. The number of nitrogens with one attached hydrogen (secondary N) is 2. The summed E-state index contributed by atoms with van der Waals surface area (Å²) < 4.78 is 11.9. The van der Waals surface area contributed by atoms with Gasteiger partial charge in [-0.3, -0.25) is 0 Å². The summed E-state index contributed by atoms with van der Waals surface area (Å²) in [5, 5.41) is 26.7. The number of ether oxygens (including phenoxy) is 2. The minimum absolute atomic E-state index is 0.194. The smallest absolute Gasteiger partial charge is 0.127 e. The average molecular weight is 417 g/mol. The minimum atomic E-state index is -0.601. The van der Waals surface area contributed by atoms with Gasteiger partial charge in [-0.05, 0) is 12.1 Å². The first-order valence-corrected chi connectivity index (χ1v) is 10.6. The van der Waals surface area contributed by atoms with E-state index in [0.717, 1.165) is 11.1 Å². The van der Waals surface area contributed by atoms with Gasteiger partial charge in [0, 0.05) is 36.3 Å². The highest BCUT2D eigenvalue weighted by Gasteiger charge is 2.14. The Hall–Kier alpha value is -2.12. The second kappa shape index (κ2) is 12.5. The third-order valence-electron chi connectivity index (χ3n) is 4.45. The standard InChI is InChI=1S/C24H36N2O4/c1-17(2)25-13-19(27)15-29-23-11-7-5-9-21(23)22-10-6-8-12-24(22)30-16-20(28)14-26-18(3)4/h5-12,17-20,25-28H,13-16H2,1-4H3/t19-,20-/m0/s1. The maximum absolute atomic E-state index is 10.2. The van der Waals surface area contributed by atoms with E-state index in [4.69, 9.17) is 9.47 Å². The highest BCUT2D eigenvalue weighted by Crippen LogP contribution is 2.36. The minimum Gasteiger partial charge on any atom is -0.490 e. The van der Waals surface area contributed by atoms with E-state index in [9.17, 15) is 10.2 Å². The van der Waals surface area contributed by atoms with Crippen molar-refractivity contribution in [1.82, 2.24) is 10.6 Å². The van der Waals surface area contributed by atoms with Gasteiger partial charge in [0.2, 0.25) is 0 Å². The Kier molecular flexibility index (Phi) is 10.1. The number of aliphatic hydroxyl groups is 2. The molecule has 0 aliphatic heterocycles. The molecule has 2 aromatic rings. The normalized spacial score (nSPS) is 13.5. The molecule has 0 radical (unpaired) electrons. The molecule has 0 saturated carbocycles. The summed E-state index contributed by atoms with van der Waals surface area (Å²) in [7, 11) is 0. The lowest BCUT2D eigenvalue weighted by Gasteiger charge is -2.19. The third-order valence-corrected chi connectivity index (χ3v) is 4.45. The highest BCUT2D eigenvalue weighted by atomic mass is 16.5. The summed E-state index contributed by atoms with van der Waals surface area (Å²) >= 11 is 0. The fraction of sp³-hybridized carbons (Fsp3) is 0.500. The van der Waals surface area contributed by atoms with E-state index in [1.807, 2.05) is 76.2 Å². The summed E-state index contributed by atoms with van der Waals surface area (Å²) in [6.07, 6.45) is -1.20. The molecule has 0 aliphatic carbocycles. The van der Waals surface area contributed by atoms with Crippen LogP contribution in [-0.4, -0.2) is 60.8 Å². The van der Waals surface area contributed by atoms with Gasteiger partial charge in [-0.2, -0.15) is 0 Å². The Morgan fingerprint density at radius 1 is 0.667 bits per heavy atom. The van der Waals surface area contributed by atoms with E-state index in [2.05, 4.69) is 10.6 Å². The second-order valence-corrected chi connectivity index (χ2v) is 8.05. The third kappa shape index (κ3) is 8.32. The number of aliphatic hydroxyl groups excluding tert-OH is 2. The number of hydrogen-bond donors (Lipinski definition) is 4. The van der Waals surface area contributed by atoms with Gasteiger partial charge in [0.15, 0.2) is 0 Å². The van der Waals surface area contributed by atoms with Crippen molar-refractivity contribution in [3.05, 3.63) is 48.5 Å². The first kappa shape index (κ1) is 24.2. The van der Waals surface area contributed by atoms with E-state index in [1.165, 1.54) is 0 Å². The van der Waals surface area contributed by atoms with Crippen LogP contribution >= 0.6 is 0 Å². The lowest BCUT2D eigenvalue weighted by atomic mass is 10.0. The number of rotatable bonds is 13. The molecule has 0 amide bonds. The van der Waals surface area contributed by atoms with E-state index in [0.29, 0.717) is 36.7 Å². The van der Waals surface area contributed by atoms with Crippen LogP contribution < -0.4 is 20.1 Å². The van der Waals surface area contributed by atoms with Crippen LogP contribution in [0.4, 0.5) is 0 Å². The van der Waals surface area contributed by atoms with Crippen LogP contribution in [0, 0.1) is 0 Å². The monoisotopic (exact) mass is 416 g/mol. The lowest BCUT2D eigenvalue weighted by molar-refractivity contribution is 0.104. The van der Waals surface area contributed by atoms with Crippen LogP contribution in [0.1, 0.15) is 27.7 Å². The van der Waals surface area contributed by atoms with Crippen molar-refractivity contribution in [3.63, 3.8) is 0 Å². The summed E-state index contributed by atoms with van der Waals surface area (Å²) in [4.78, 5) is 0. The Balaban J connectivity index is 2.07. The zero-order valence-corrected chi connectivity index (χ0v) is 18.5. The quantitative estimate of drug-likeness (QED) is 0.402. The van der Waals surface area contributed by atoms with Gasteiger partial charge in [0.1, 0.15) is 36.9 Å². The van der Waals surface area contributed by atoms with Crippen LogP contribution in [0.15, 0.2) is 48.5 Å². The van der Waals surface area contributed by atoms with E-state index in [1.54, 1.807) is 0 Å². The van der Waals surface area contributed by atoms with Gasteiger partial charge in [-0.25, -0.2) is 0 Å². The Labute approximate surface area is 180 Å². The molecule has 0 heterocycles. The van der Waals surface area contributed by atoms with Crippen molar-refractivity contribution in [2.45, 2.75) is 52.0 Å². The molecular formula is C24H36N2O4. The molecule has 0 unspecified atom stereocenters. The van der Waals surface area contributed by atoms with Crippen LogP contribution in [0.5, 0.6) is 11.5 Å². The second-order valence-electron chi connectivity index (χ2n) is 8.05. The summed E-state index contributed by atoms with van der Waals surface area (Å²) in [6.45, 7) is 9.49. The van der Waals surface area contributed by atoms with Gasteiger partial charge < -0.3 is 30.3 Å². The van der Waals surface area contributed by atoms with Crippen LogP contribution in [0.3, 0.4) is 0 Å². The largest absolute Gasteiger partial charge is 0.490 e. The molecule has 6 heteroatoms. The molecule has 2 rings (SSSR count). The zero-order valence-electron chi connectivity index (χ0n) is 18.5. The van der Waals surface area contributed by atoms with Crippen molar-refractivity contribution in [2.75, 3.05) is 26.3 Å². The van der Waals surface area contributed by atoms with Gasteiger partial charge >= 0.3 is 0 Å². The maximum atomic E-state index is 10.2. The molecule has 0 aromatic heterocycles. The predicted octanol–water partition coefficient (Wildman–Crippen LogP) is 2.83. The topological polar surface area (TPSA) is 83.0 Å². The maximum Gasteiger partial charge on any atom is 0.127 e. The molecule has 0 bridgehead atoms. The van der Waals surface area contributed by atoms with Crippen molar-refractivity contribution in [1.29, 1.82) is 0 Å². The molecule has 2 atom stereocenters. The van der Waals surface area contributed by atoms with Gasteiger partial charge in [0.05, 0.1) is 0 Å². The molecule has 0 spiro atoms. The highest BCUT2D eigenvalue weighted by molar-refractivity contribution is 5.75. The summed E-state index contributed by atoms with van der Waals surface area (Å²) in [5.74, 6) is 1.36. The van der Waals surface area contributed by atoms with E-state index in [-0.39, 0.29) is 13.2 Å². The summed E-state index contributed by atoms with van der Waals surface area (Å²) in [5.41, 5.74) is 1.76. The SMILES string of the molecule is CC(C)NC[C@H](O)COc1ccccc1-c1ccccc1OC[C@@H](O)CNC(C)C. The molecule has 6 nitrogen and oxygen atoms in total. The molecule has 2 aromatic carbocycles. The first-order valence-electron chi connectivity index (χ1n) is 10.6. The van der Waals surface area contributed by atoms with Gasteiger partial charge in [-0.15, -0.1) is 0 Å². The average Bonchev–Trinajstić information content (AvgIpc) is 2.73. The van der Waals surface area contributed by atoms with E-state index < -0.39 is 12.2 Å². The zero-order chi connectivity index (χ0) is 21.9. The molecule has 0 saturated heterocycles.